The second-order valence-corrected chi connectivity index (χ2v) is 6.04. The van der Waals surface area contributed by atoms with Crippen molar-refractivity contribution in [1.82, 2.24) is 14.1 Å². The van der Waals surface area contributed by atoms with E-state index < -0.39 is 11.2 Å². The maximum atomic E-state index is 12.6. The highest BCUT2D eigenvalue weighted by Crippen LogP contribution is 2.22. The molecule has 0 saturated heterocycles. The van der Waals surface area contributed by atoms with Gasteiger partial charge in [-0.05, 0) is 31.5 Å². The summed E-state index contributed by atoms with van der Waals surface area (Å²) in [6.07, 6.45) is 1.53. The fraction of sp³-hybridized carbons (Fsp3) is 0.222. The lowest BCUT2D eigenvalue weighted by atomic mass is 10.1. The van der Waals surface area contributed by atoms with Crippen LogP contribution in [0.4, 0.5) is 5.69 Å². The number of hydrogen-bond acceptors (Lipinski definition) is 4. The minimum atomic E-state index is -0.492. The van der Waals surface area contributed by atoms with E-state index in [9.17, 15) is 14.4 Å². The van der Waals surface area contributed by atoms with Gasteiger partial charge in [-0.2, -0.15) is 0 Å². The smallest absolute Gasteiger partial charge is 0.321 e. The second kappa shape index (κ2) is 6.01. The van der Waals surface area contributed by atoms with E-state index in [-0.39, 0.29) is 16.9 Å². The molecule has 2 heterocycles. The lowest BCUT2D eigenvalue weighted by molar-refractivity contribution is 0.102. The number of amides is 1. The van der Waals surface area contributed by atoms with E-state index in [2.05, 4.69) is 10.3 Å². The Morgan fingerprint density at radius 3 is 2.32 bits per heavy atom. The van der Waals surface area contributed by atoms with Gasteiger partial charge in [0.05, 0.1) is 5.69 Å². The first-order valence-corrected chi connectivity index (χ1v) is 7.74. The van der Waals surface area contributed by atoms with Crippen LogP contribution in [0.5, 0.6) is 0 Å². The molecule has 3 aromatic rings. The first-order chi connectivity index (χ1) is 11.8. The summed E-state index contributed by atoms with van der Waals surface area (Å²) in [7, 11) is 2.94. The van der Waals surface area contributed by atoms with Gasteiger partial charge in [-0.3, -0.25) is 18.7 Å². The molecule has 0 radical (unpaired) electrons. The number of hydrogen-bond donors (Lipinski definition) is 1. The molecule has 0 unspecified atom stereocenters. The zero-order chi connectivity index (χ0) is 18.3. The van der Waals surface area contributed by atoms with Crippen molar-refractivity contribution >= 4 is 22.6 Å². The van der Waals surface area contributed by atoms with Crippen molar-refractivity contribution in [2.75, 3.05) is 5.32 Å². The lowest BCUT2D eigenvalue weighted by Crippen LogP contribution is -2.37. The van der Waals surface area contributed by atoms with Crippen LogP contribution in [0.25, 0.3) is 11.0 Å². The monoisotopic (exact) mass is 338 g/mol. The Bertz CT molecular complexity index is 1110. The van der Waals surface area contributed by atoms with Crippen LogP contribution in [-0.2, 0) is 14.1 Å². The molecule has 1 aromatic carbocycles. The van der Waals surface area contributed by atoms with Crippen LogP contribution < -0.4 is 16.6 Å². The van der Waals surface area contributed by atoms with Crippen LogP contribution >= 0.6 is 0 Å². The number of pyridine rings is 1. The van der Waals surface area contributed by atoms with Crippen LogP contribution in [0.2, 0.25) is 0 Å². The maximum absolute atomic E-state index is 12.6. The van der Waals surface area contributed by atoms with Crippen molar-refractivity contribution < 1.29 is 4.79 Å². The van der Waals surface area contributed by atoms with Gasteiger partial charge < -0.3 is 5.32 Å². The molecular weight excluding hydrogens is 320 g/mol. The number of carbonyl (C=O) groups excluding carboxylic acids is 1. The largest absolute Gasteiger partial charge is 0.332 e. The van der Waals surface area contributed by atoms with Gasteiger partial charge >= 0.3 is 5.69 Å². The van der Waals surface area contributed by atoms with E-state index in [1.165, 1.54) is 24.9 Å². The molecule has 0 aliphatic rings. The van der Waals surface area contributed by atoms with E-state index in [1.807, 2.05) is 19.1 Å². The fourth-order valence-corrected chi connectivity index (χ4v) is 2.67. The van der Waals surface area contributed by atoms with Crippen LogP contribution in [0.3, 0.4) is 0 Å². The lowest BCUT2D eigenvalue weighted by Gasteiger charge is -2.13. The first-order valence-electron chi connectivity index (χ1n) is 7.74. The molecule has 3 rings (SSSR count). The zero-order valence-electron chi connectivity index (χ0n) is 14.5. The van der Waals surface area contributed by atoms with Crippen LogP contribution in [0, 0.1) is 13.8 Å². The van der Waals surface area contributed by atoms with E-state index in [4.69, 9.17) is 0 Å². The molecule has 25 heavy (non-hydrogen) atoms. The summed E-state index contributed by atoms with van der Waals surface area (Å²) >= 11 is 0. The number of rotatable bonds is 2. The minimum Gasteiger partial charge on any atom is -0.321 e. The average Bonchev–Trinajstić information content (AvgIpc) is 2.60. The molecule has 0 saturated carbocycles. The first kappa shape index (κ1) is 16.6. The number of aryl methyl sites for hydroxylation is 3. The van der Waals surface area contributed by atoms with E-state index >= 15 is 0 Å². The molecule has 7 nitrogen and oxygen atoms in total. The summed E-state index contributed by atoms with van der Waals surface area (Å²) in [5, 5.41) is 3.01. The summed E-state index contributed by atoms with van der Waals surface area (Å²) in [6.45, 7) is 3.69. The van der Waals surface area contributed by atoms with Gasteiger partial charge in [-0.25, -0.2) is 9.78 Å². The third-order valence-corrected chi connectivity index (χ3v) is 4.21. The van der Waals surface area contributed by atoms with Crippen LogP contribution in [0.15, 0.2) is 40.1 Å². The van der Waals surface area contributed by atoms with Gasteiger partial charge in [-0.1, -0.05) is 17.7 Å². The quantitative estimate of drug-likeness (QED) is 0.767. The molecule has 0 aliphatic carbocycles. The number of carbonyl (C=O) groups is 1. The predicted molar refractivity (Wildman–Crippen MR) is 96.1 cm³/mol. The van der Waals surface area contributed by atoms with Crippen LogP contribution in [0.1, 0.15) is 21.5 Å². The Hall–Kier alpha value is -3.22. The van der Waals surface area contributed by atoms with Crippen molar-refractivity contribution in [1.29, 1.82) is 0 Å². The van der Waals surface area contributed by atoms with Crippen molar-refractivity contribution in [2.45, 2.75) is 13.8 Å². The Balaban J connectivity index is 2.21. The Labute approximate surface area is 143 Å². The van der Waals surface area contributed by atoms with Gasteiger partial charge in [0.15, 0.2) is 5.65 Å². The predicted octanol–water partition coefficient (Wildman–Crippen LogP) is 1.50. The molecular formula is C18H18N4O3. The number of nitrogens with one attached hydrogen (secondary N) is 1. The molecule has 1 N–H and O–H groups in total. The fourth-order valence-electron chi connectivity index (χ4n) is 2.67. The summed E-state index contributed by atoms with van der Waals surface area (Å²) < 4.78 is 2.29. The molecule has 0 atom stereocenters. The molecule has 0 fully saturated rings. The molecule has 1 amide bonds. The summed E-state index contributed by atoms with van der Waals surface area (Å²) in [5.41, 5.74) is 1.81. The zero-order valence-corrected chi connectivity index (χ0v) is 14.5. The highest BCUT2D eigenvalue weighted by Gasteiger charge is 2.17. The molecule has 7 heteroatoms. The van der Waals surface area contributed by atoms with E-state index in [0.717, 1.165) is 10.1 Å². The standard InChI is InChI=1S/C18H18N4O3/c1-10-5-7-12(8-6-10)16(23)20-14-11(2)9-19-15-13(14)17(24)22(4)18(25)21(15)3/h5-9H,1-4H3,(H,19,20,23). The highest BCUT2D eigenvalue weighted by molar-refractivity contribution is 6.08. The number of fused-ring (bicyclic) bond motifs is 1. The molecule has 0 bridgehead atoms. The normalized spacial score (nSPS) is 10.9. The van der Waals surface area contributed by atoms with Crippen molar-refractivity contribution in [3.63, 3.8) is 0 Å². The molecule has 0 aliphatic heterocycles. The van der Waals surface area contributed by atoms with Gasteiger partial charge in [0.2, 0.25) is 0 Å². The third-order valence-electron chi connectivity index (χ3n) is 4.21. The maximum Gasteiger partial charge on any atom is 0.332 e. The van der Waals surface area contributed by atoms with Gasteiger partial charge in [-0.15, -0.1) is 0 Å². The number of aromatic nitrogens is 3. The average molecular weight is 338 g/mol. The van der Waals surface area contributed by atoms with Gasteiger partial charge in [0.25, 0.3) is 11.5 Å². The highest BCUT2D eigenvalue weighted by atomic mass is 16.2. The molecule has 0 spiro atoms. The van der Waals surface area contributed by atoms with Crippen molar-refractivity contribution in [3.05, 3.63) is 68.0 Å². The summed E-state index contributed by atoms with van der Waals surface area (Å²) in [5.74, 6) is -0.327. The minimum absolute atomic E-state index is 0.213. The Kier molecular flexibility index (Phi) is 4.00. The van der Waals surface area contributed by atoms with Crippen molar-refractivity contribution in [3.8, 4) is 0 Å². The number of anilines is 1. The van der Waals surface area contributed by atoms with E-state index in [1.54, 1.807) is 19.1 Å². The number of benzene rings is 1. The van der Waals surface area contributed by atoms with Gasteiger partial charge in [0, 0.05) is 25.9 Å². The second-order valence-electron chi connectivity index (χ2n) is 6.04. The Morgan fingerprint density at radius 1 is 1.04 bits per heavy atom. The van der Waals surface area contributed by atoms with E-state index in [0.29, 0.717) is 16.8 Å². The molecule has 128 valence electrons. The van der Waals surface area contributed by atoms with Crippen molar-refractivity contribution in [2.24, 2.45) is 14.1 Å². The topological polar surface area (TPSA) is 86.0 Å². The SMILES string of the molecule is Cc1ccc(C(=O)Nc2c(C)cnc3c2c(=O)n(C)c(=O)n3C)cc1. The van der Waals surface area contributed by atoms with Gasteiger partial charge in [0.1, 0.15) is 5.39 Å². The third kappa shape index (κ3) is 2.73. The van der Waals surface area contributed by atoms with Crippen LogP contribution in [-0.4, -0.2) is 20.0 Å². The summed E-state index contributed by atoms with van der Waals surface area (Å²) in [4.78, 5) is 41.4. The summed E-state index contributed by atoms with van der Waals surface area (Å²) in [6, 6.07) is 7.12. The Morgan fingerprint density at radius 2 is 1.68 bits per heavy atom. The molecule has 2 aromatic heterocycles. The number of nitrogens with zero attached hydrogens (tertiary/aromatic N) is 3.